The standard InChI is InChI=1S/C10H17NO3.C10H12O4.C7H12O3.C6H9ClO3.CO2.CH4/c1-5-9(12)8(7-11(3)4)10(13)14-6-2;1-4-13-10(12)8-5-14-7(3)6(2)9(8)11;1-3-6(8)5-7(9)10-4-2;1-2-10-6(9)3-5(8)4-7;2-1-3;/h7H,5-6H2,1-4H3;5H,4H2,1-3H3;3-5H2,1-2H3;2-4H2,1H3;;1H4/b8-7-;;;;;. The lowest BCUT2D eigenvalue weighted by atomic mass is 10.1. The van der Waals surface area contributed by atoms with Crippen molar-refractivity contribution >= 4 is 59.0 Å². The Morgan fingerprint density at radius 1 is 0.769 bits per heavy atom. The van der Waals surface area contributed by atoms with Crippen molar-refractivity contribution in [3.63, 3.8) is 0 Å². The molecule has 1 heterocycles. The van der Waals surface area contributed by atoms with Crippen molar-refractivity contribution in [3.8, 4) is 0 Å². The number of hydrogen-bond acceptors (Lipinski definition) is 16. The highest BCUT2D eigenvalue weighted by Gasteiger charge is 2.18. The van der Waals surface area contributed by atoms with Gasteiger partial charge in [-0.15, -0.1) is 11.6 Å². The first kappa shape index (κ1) is 56.4. The minimum absolute atomic E-state index is 0. The molecule has 17 heteroatoms. The van der Waals surface area contributed by atoms with Gasteiger partial charge in [-0.3, -0.25) is 28.8 Å². The fraction of sp³-hybridized carbons (Fsp3) is 0.571. The predicted molar refractivity (Wildman–Crippen MR) is 189 cm³/mol. The Bertz CT molecular complexity index is 1340. The van der Waals surface area contributed by atoms with Crippen LogP contribution < -0.4 is 5.43 Å². The normalized spacial score (nSPS) is 9.25. The van der Waals surface area contributed by atoms with Crippen LogP contribution in [-0.4, -0.2) is 98.7 Å². The Balaban J connectivity index is -0.000000185. The van der Waals surface area contributed by atoms with Gasteiger partial charge >= 0.3 is 30.0 Å². The number of alkyl halides is 1. The van der Waals surface area contributed by atoms with Crippen LogP contribution in [0.4, 0.5) is 0 Å². The fourth-order valence-corrected chi connectivity index (χ4v) is 2.91. The Morgan fingerprint density at radius 3 is 1.58 bits per heavy atom. The van der Waals surface area contributed by atoms with Gasteiger partial charge < -0.3 is 28.3 Å². The minimum atomic E-state index is -0.635. The number of Topliss-reactive ketones (excluding diaryl/α,β-unsaturated/α-hetero) is 3. The van der Waals surface area contributed by atoms with Crippen LogP contribution in [0.25, 0.3) is 0 Å². The molecule has 0 aliphatic heterocycles. The molecule has 1 aromatic rings. The number of ketones is 3. The van der Waals surface area contributed by atoms with E-state index < -0.39 is 23.9 Å². The van der Waals surface area contributed by atoms with Crippen LogP contribution in [-0.2, 0) is 57.3 Å². The van der Waals surface area contributed by atoms with E-state index in [1.165, 1.54) is 6.20 Å². The largest absolute Gasteiger partial charge is 0.468 e. The van der Waals surface area contributed by atoms with Crippen LogP contribution in [0.3, 0.4) is 0 Å². The Hall–Kier alpha value is -4.95. The van der Waals surface area contributed by atoms with Gasteiger partial charge in [0.15, 0.2) is 11.6 Å². The van der Waals surface area contributed by atoms with Gasteiger partial charge in [-0.2, -0.15) is 9.59 Å². The molecule has 16 nitrogen and oxygen atoms in total. The quantitative estimate of drug-likeness (QED) is 0.0611. The summed E-state index contributed by atoms with van der Waals surface area (Å²) in [4.78, 5) is 106. The summed E-state index contributed by atoms with van der Waals surface area (Å²) >= 11 is 5.14. The van der Waals surface area contributed by atoms with Crippen molar-refractivity contribution < 1.29 is 66.5 Å². The highest BCUT2D eigenvalue weighted by Crippen LogP contribution is 2.05. The number of halogens is 1. The molecule has 0 saturated heterocycles. The molecule has 0 atom stereocenters. The molecule has 0 radical (unpaired) electrons. The lowest BCUT2D eigenvalue weighted by molar-refractivity contribution is -0.192. The number of esters is 4. The van der Waals surface area contributed by atoms with Gasteiger partial charge in [0.2, 0.25) is 5.43 Å². The monoisotopic (exact) mass is 763 g/mol. The lowest BCUT2D eigenvalue weighted by Gasteiger charge is -2.09. The summed E-state index contributed by atoms with van der Waals surface area (Å²) in [7, 11) is 3.50. The Kier molecular flexibility index (Phi) is 38.9. The van der Waals surface area contributed by atoms with Gasteiger partial charge in [-0.1, -0.05) is 21.3 Å². The SMILES string of the molecule is C.CCOC(=O)/C(=C\N(C)C)C(=O)CC.CCOC(=O)CC(=O)CC.CCOC(=O)CC(=O)CCl.CCOC(=O)c1coc(C)c(C)c1=O.O=C=O. The van der Waals surface area contributed by atoms with E-state index in [1.807, 2.05) is 0 Å². The van der Waals surface area contributed by atoms with Crippen molar-refractivity contribution in [1.29, 1.82) is 0 Å². The molecule has 0 saturated carbocycles. The summed E-state index contributed by atoms with van der Waals surface area (Å²) in [5, 5.41) is 0. The van der Waals surface area contributed by atoms with Crippen LogP contribution in [0.2, 0.25) is 0 Å². The van der Waals surface area contributed by atoms with Gasteiger partial charge in [-0.05, 0) is 41.5 Å². The van der Waals surface area contributed by atoms with Crippen LogP contribution in [0.15, 0.2) is 27.2 Å². The van der Waals surface area contributed by atoms with E-state index in [9.17, 15) is 38.4 Å². The second kappa shape index (κ2) is 35.9. The van der Waals surface area contributed by atoms with E-state index in [2.05, 4.69) is 9.47 Å². The van der Waals surface area contributed by atoms with Crippen molar-refractivity contribution in [2.75, 3.05) is 46.4 Å². The summed E-state index contributed by atoms with van der Waals surface area (Å²) < 4.78 is 23.6. The number of aryl methyl sites for hydroxylation is 1. The van der Waals surface area contributed by atoms with E-state index in [1.54, 1.807) is 74.4 Å². The summed E-state index contributed by atoms with van der Waals surface area (Å²) in [6.07, 6.45) is 3.30. The number of hydrogen-bond donors (Lipinski definition) is 0. The van der Waals surface area contributed by atoms with Crippen LogP contribution in [0.5, 0.6) is 0 Å². The molecular formula is C35H54ClNO15. The first-order valence-electron chi connectivity index (χ1n) is 15.7. The summed E-state index contributed by atoms with van der Waals surface area (Å²) in [5.74, 6) is -2.29. The third-order valence-corrected chi connectivity index (χ3v) is 5.60. The van der Waals surface area contributed by atoms with E-state index in [-0.39, 0.29) is 79.4 Å². The van der Waals surface area contributed by atoms with E-state index >= 15 is 0 Å². The van der Waals surface area contributed by atoms with E-state index in [4.69, 9.17) is 35.1 Å². The second-order valence-electron chi connectivity index (χ2n) is 9.50. The molecule has 296 valence electrons. The molecule has 0 aliphatic carbocycles. The van der Waals surface area contributed by atoms with Gasteiger partial charge in [0.05, 0.1) is 32.3 Å². The van der Waals surface area contributed by atoms with Gasteiger partial charge in [-0.25, -0.2) is 9.59 Å². The van der Waals surface area contributed by atoms with Gasteiger partial charge in [0.1, 0.15) is 41.8 Å². The topological polar surface area (TPSA) is 224 Å². The second-order valence-corrected chi connectivity index (χ2v) is 9.76. The first-order valence-corrected chi connectivity index (χ1v) is 16.2. The zero-order valence-corrected chi connectivity index (χ0v) is 31.7. The molecule has 1 aromatic heterocycles. The fourth-order valence-electron chi connectivity index (χ4n) is 2.82. The molecule has 0 aliphatic rings. The summed E-state index contributed by atoms with van der Waals surface area (Å²) in [6.45, 7) is 14.7. The summed E-state index contributed by atoms with van der Waals surface area (Å²) in [5.41, 5.74) is 0.178. The van der Waals surface area contributed by atoms with Crippen molar-refractivity contribution in [1.82, 2.24) is 4.90 Å². The van der Waals surface area contributed by atoms with Crippen LogP contribution >= 0.6 is 11.6 Å². The predicted octanol–water partition coefficient (Wildman–Crippen LogP) is 4.13. The Morgan fingerprint density at radius 2 is 1.21 bits per heavy atom. The molecule has 1 rings (SSSR count). The minimum Gasteiger partial charge on any atom is -0.468 e. The molecule has 0 amide bonds. The molecule has 0 unspecified atom stereocenters. The van der Waals surface area contributed by atoms with Crippen molar-refractivity contribution in [2.24, 2.45) is 0 Å². The number of ether oxygens (including phenoxy) is 4. The number of carbonyl (C=O) groups is 7. The van der Waals surface area contributed by atoms with E-state index in [0.717, 1.165) is 6.26 Å². The zero-order chi connectivity index (χ0) is 40.5. The van der Waals surface area contributed by atoms with E-state index in [0.29, 0.717) is 37.4 Å². The Labute approximate surface area is 310 Å². The molecule has 0 spiro atoms. The molecule has 52 heavy (non-hydrogen) atoms. The van der Waals surface area contributed by atoms with Gasteiger partial charge in [0.25, 0.3) is 0 Å². The lowest BCUT2D eigenvalue weighted by Crippen LogP contribution is -2.19. The van der Waals surface area contributed by atoms with Gasteiger partial charge in [0, 0.05) is 38.7 Å². The molecular weight excluding hydrogens is 710 g/mol. The van der Waals surface area contributed by atoms with Crippen molar-refractivity contribution in [2.45, 2.75) is 88.5 Å². The highest BCUT2D eigenvalue weighted by atomic mass is 35.5. The first-order chi connectivity index (χ1) is 23.9. The maximum Gasteiger partial charge on any atom is 0.373 e. The van der Waals surface area contributed by atoms with Crippen LogP contribution in [0, 0.1) is 13.8 Å². The van der Waals surface area contributed by atoms with Crippen molar-refractivity contribution in [3.05, 3.63) is 45.1 Å². The molecule has 0 fully saturated rings. The number of rotatable bonds is 15. The average molecular weight is 764 g/mol. The molecule has 0 N–H and O–H groups in total. The zero-order valence-electron chi connectivity index (χ0n) is 31.0. The molecule has 0 aromatic carbocycles. The third-order valence-electron chi connectivity index (χ3n) is 5.30. The maximum atomic E-state index is 11.5. The molecule has 0 bridgehead atoms. The summed E-state index contributed by atoms with van der Waals surface area (Å²) in [6, 6.07) is 0. The average Bonchev–Trinajstić information content (AvgIpc) is 3.07. The highest BCUT2D eigenvalue weighted by molar-refractivity contribution is 6.28. The number of carbonyl (C=O) groups excluding carboxylic acids is 9. The van der Waals surface area contributed by atoms with Crippen LogP contribution in [0.1, 0.15) is 96.3 Å². The third kappa shape index (κ3) is 29.9. The number of nitrogens with zero attached hydrogens (tertiary/aromatic N) is 1. The maximum absolute atomic E-state index is 11.5. The smallest absolute Gasteiger partial charge is 0.373 e.